The molecule has 3 rings (SSSR count). The monoisotopic (exact) mass is 373 g/mol. The smallest absolute Gasteiger partial charge is 0.262 e. The van der Waals surface area contributed by atoms with Crippen molar-refractivity contribution in [2.45, 2.75) is 31.7 Å². The van der Waals surface area contributed by atoms with E-state index in [9.17, 15) is 9.59 Å². The molecule has 0 aliphatic heterocycles. The quantitative estimate of drug-likeness (QED) is 0.691. The molecule has 0 spiro atoms. The highest BCUT2D eigenvalue weighted by molar-refractivity contribution is 7.98. The maximum atomic E-state index is 12.6. The fraction of sp³-hybridized carbons (Fsp3) is 0.278. The first-order chi connectivity index (χ1) is 12.0. The number of carbonyl (C=O) groups excluding carboxylic acids is 1. The minimum Gasteiger partial charge on any atom is -0.326 e. The topological polar surface area (TPSA) is 64.0 Å². The van der Waals surface area contributed by atoms with Gasteiger partial charge in [0, 0.05) is 28.4 Å². The molecule has 25 heavy (non-hydrogen) atoms. The van der Waals surface area contributed by atoms with E-state index in [0.29, 0.717) is 11.9 Å². The first kappa shape index (κ1) is 17.7. The average molecular weight is 374 g/mol. The van der Waals surface area contributed by atoms with E-state index in [4.69, 9.17) is 0 Å². The van der Waals surface area contributed by atoms with Gasteiger partial charge in [0.1, 0.15) is 4.83 Å². The lowest BCUT2D eigenvalue weighted by Crippen LogP contribution is -2.23. The van der Waals surface area contributed by atoms with Crippen LogP contribution in [0.3, 0.4) is 0 Å². The summed E-state index contributed by atoms with van der Waals surface area (Å²) < 4.78 is 1.51. The number of fused-ring (bicyclic) bond motifs is 1. The van der Waals surface area contributed by atoms with Gasteiger partial charge in [0.2, 0.25) is 5.91 Å². The Bertz CT molecular complexity index is 974. The molecule has 1 aromatic carbocycles. The number of rotatable bonds is 5. The number of aromatic nitrogens is 2. The summed E-state index contributed by atoms with van der Waals surface area (Å²) in [5.74, 6) is -0.123. The highest BCUT2D eigenvalue weighted by atomic mass is 32.2. The van der Waals surface area contributed by atoms with E-state index >= 15 is 0 Å². The molecule has 2 heterocycles. The number of nitrogens with zero attached hydrogens (tertiary/aromatic N) is 2. The molecule has 0 fully saturated rings. The van der Waals surface area contributed by atoms with Gasteiger partial charge in [0.25, 0.3) is 5.56 Å². The van der Waals surface area contributed by atoms with E-state index in [1.54, 1.807) is 11.8 Å². The van der Waals surface area contributed by atoms with Gasteiger partial charge in [-0.1, -0.05) is 0 Å². The van der Waals surface area contributed by atoms with Crippen molar-refractivity contribution in [1.29, 1.82) is 0 Å². The molecule has 0 bridgehead atoms. The van der Waals surface area contributed by atoms with Gasteiger partial charge in [-0.15, -0.1) is 23.1 Å². The predicted octanol–water partition coefficient (Wildman–Crippen LogP) is 3.83. The van der Waals surface area contributed by atoms with Crippen molar-refractivity contribution in [3.05, 3.63) is 51.4 Å². The summed E-state index contributed by atoms with van der Waals surface area (Å²) >= 11 is 3.18. The van der Waals surface area contributed by atoms with Gasteiger partial charge in [-0.05, 0) is 49.9 Å². The van der Waals surface area contributed by atoms with Crippen LogP contribution in [0, 0.1) is 13.8 Å². The molecule has 0 aliphatic rings. The number of thioether (sulfide) groups is 1. The number of nitrogens with one attached hydrogen (secondary N) is 1. The number of hydrogen-bond donors (Lipinski definition) is 1. The van der Waals surface area contributed by atoms with Crippen LogP contribution < -0.4 is 10.9 Å². The van der Waals surface area contributed by atoms with Crippen LogP contribution in [0.25, 0.3) is 10.2 Å². The van der Waals surface area contributed by atoms with Gasteiger partial charge in [0.15, 0.2) is 0 Å². The second-order valence-electron chi connectivity index (χ2n) is 5.73. The van der Waals surface area contributed by atoms with Gasteiger partial charge in [0.05, 0.1) is 11.7 Å². The van der Waals surface area contributed by atoms with Gasteiger partial charge in [-0.3, -0.25) is 14.2 Å². The lowest BCUT2D eigenvalue weighted by Gasteiger charge is -2.07. The molecule has 1 amide bonds. The molecule has 0 atom stereocenters. The van der Waals surface area contributed by atoms with Crippen LogP contribution >= 0.6 is 23.1 Å². The minimum atomic E-state index is -0.123. The zero-order chi connectivity index (χ0) is 18.0. The lowest BCUT2D eigenvalue weighted by atomic mass is 10.2. The van der Waals surface area contributed by atoms with Crippen LogP contribution in [-0.4, -0.2) is 21.7 Å². The van der Waals surface area contributed by atoms with Crippen molar-refractivity contribution in [3.63, 3.8) is 0 Å². The van der Waals surface area contributed by atoms with Crippen molar-refractivity contribution in [3.8, 4) is 0 Å². The van der Waals surface area contributed by atoms with Crippen LogP contribution in [0.2, 0.25) is 0 Å². The zero-order valence-corrected chi connectivity index (χ0v) is 16.0. The van der Waals surface area contributed by atoms with Gasteiger partial charge < -0.3 is 5.32 Å². The molecule has 2 aromatic heterocycles. The van der Waals surface area contributed by atoms with Crippen molar-refractivity contribution >= 4 is 44.9 Å². The standard InChI is InChI=1S/C18H19N3O2S2/c1-11-12(2)25-17-16(11)18(23)21(10-19-17)9-8-15(22)20-13-4-6-14(24-3)7-5-13/h4-7,10H,8-9H2,1-3H3,(H,20,22). The molecule has 0 unspecified atom stereocenters. The second kappa shape index (κ2) is 7.41. The Labute approximate surface area is 154 Å². The SMILES string of the molecule is CSc1ccc(NC(=O)CCn2cnc3sc(C)c(C)c3c2=O)cc1. The van der Waals surface area contributed by atoms with Gasteiger partial charge in [-0.25, -0.2) is 4.98 Å². The first-order valence-corrected chi connectivity index (χ1v) is 9.92. The van der Waals surface area contributed by atoms with Crippen molar-refractivity contribution < 1.29 is 4.79 Å². The number of hydrogen-bond acceptors (Lipinski definition) is 5. The molecular weight excluding hydrogens is 354 g/mol. The Kier molecular flexibility index (Phi) is 5.24. The molecule has 0 aliphatic carbocycles. The highest BCUT2D eigenvalue weighted by Crippen LogP contribution is 2.25. The summed E-state index contributed by atoms with van der Waals surface area (Å²) in [6, 6.07) is 7.68. The normalized spacial score (nSPS) is 11.0. The Morgan fingerprint density at radius 3 is 2.68 bits per heavy atom. The summed E-state index contributed by atoms with van der Waals surface area (Å²) in [7, 11) is 0. The number of thiophene rings is 1. The third-order valence-corrected chi connectivity index (χ3v) is 5.97. The maximum Gasteiger partial charge on any atom is 0.262 e. The summed E-state index contributed by atoms with van der Waals surface area (Å²) in [5, 5.41) is 3.52. The second-order valence-corrected chi connectivity index (χ2v) is 7.82. The summed E-state index contributed by atoms with van der Waals surface area (Å²) in [6.45, 7) is 4.23. The van der Waals surface area contributed by atoms with E-state index in [1.807, 2.05) is 44.4 Å². The molecule has 0 radical (unpaired) electrons. The van der Waals surface area contributed by atoms with Crippen LogP contribution in [0.15, 0.2) is 40.3 Å². The average Bonchev–Trinajstić information content (AvgIpc) is 2.90. The third kappa shape index (κ3) is 3.77. The summed E-state index contributed by atoms with van der Waals surface area (Å²) in [4.78, 5) is 32.1. The predicted molar refractivity (Wildman–Crippen MR) is 105 cm³/mol. The number of anilines is 1. The summed E-state index contributed by atoms with van der Waals surface area (Å²) in [6.07, 6.45) is 3.76. The molecule has 7 heteroatoms. The van der Waals surface area contributed by atoms with Crippen molar-refractivity contribution in [2.24, 2.45) is 0 Å². The number of benzene rings is 1. The Morgan fingerprint density at radius 1 is 1.28 bits per heavy atom. The Balaban J connectivity index is 1.69. The third-order valence-electron chi connectivity index (χ3n) is 4.11. The molecule has 3 aromatic rings. The van der Waals surface area contributed by atoms with E-state index in [-0.39, 0.29) is 17.9 Å². The van der Waals surface area contributed by atoms with E-state index < -0.39 is 0 Å². The fourth-order valence-electron chi connectivity index (χ4n) is 2.55. The number of aryl methyl sites for hydroxylation is 3. The van der Waals surface area contributed by atoms with Crippen LogP contribution in [-0.2, 0) is 11.3 Å². The molecule has 0 saturated carbocycles. The Hall–Kier alpha value is -2.12. The number of carbonyl (C=O) groups is 1. The largest absolute Gasteiger partial charge is 0.326 e. The van der Waals surface area contributed by atoms with Gasteiger partial charge >= 0.3 is 0 Å². The fourth-order valence-corrected chi connectivity index (χ4v) is 3.94. The first-order valence-electron chi connectivity index (χ1n) is 7.88. The van der Waals surface area contributed by atoms with Crippen LogP contribution in [0.5, 0.6) is 0 Å². The molecular formula is C18H19N3O2S2. The van der Waals surface area contributed by atoms with Crippen molar-refractivity contribution in [2.75, 3.05) is 11.6 Å². The summed E-state index contributed by atoms with van der Waals surface area (Å²) in [5.41, 5.74) is 1.65. The van der Waals surface area contributed by atoms with E-state index in [0.717, 1.165) is 25.9 Å². The molecule has 5 nitrogen and oxygen atoms in total. The highest BCUT2D eigenvalue weighted by Gasteiger charge is 2.12. The molecule has 1 N–H and O–H groups in total. The van der Waals surface area contributed by atoms with Crippen molar-refractivity contribution in [1.82, 2.24) is 9.55 Å². The zero-order valence-electron chi connectivity index (χ0n) is 14.3. The van der Waals surface area contributed by atoms with E-state index in [1.165, 1.54) is 22.2 Å². The maximum absolute atomic E-state index is 12.6. The van der Waals surface area contributed by atoms with Gasteiger partial charge in [-0.2, -0.15) is 0 Å². The van der Waals surface area contributed by atoms with Crippen LogP contribution in [0.4, 0.5) is 5.69 Å². The Morgan fingerprint density at radius 2 is 2.00 bits per heavy atom. The van der Waals surface area contributed by atoms with Crippen LogP contribution in [0.1, 0.15) is 16.9 Å². The van der Waals surface area contributed by atoms with E-state index in [2.05, 4.69) is 10.3 Å². The lowest BCUT2D eigenvalue weighted by molar-refractivity contribution is -0.116. The number of amides is 1. The minimum absolute atomic E-state index is 0.0797. The molecule has 130 valence electrons. The molecule has 0 saturated heterocycles.